The van der Waals surface area contributed by atoms with Crippen LogP contribution in [0.4, 0.5) is 23.2 Å². The van der Waals surface area contributed by atoms with Crippen LogP contribution in [0.5, 0.6) is 0 Å². The molecule has 9 nitrogen and oxygen atoms in total. The Labute approximate surface area is 289 Å². The van der Waals surface area contributed by atoms with Crippen molar-refractivity contribution in [3.05, 3.63) is 75.0 Å². The lowest BCUT2D eigenvalue weighted by Gasteiger charge is -2.35. The second-order valence-corrected chi connectivity index (χ2v) is 13.1. The van der Waals surface area contributed by atoms with Gasteiger partial charge in [0, 0.05) is 36.6 Å². The first kappa shape index (κ1) is 37.5. The number of piperidine rings is 2. The summed E-state index contributed by atoms with van der Waals surface area (Å²) in [6, 6.07) is 12.2. The molecule has 2 aromatic carbocycles. The Morgan fingerprint density at radius 1 is 0.958 bits per heavy atom. The van der Waals surface area contributed by atoms with E-state index in [1.807, 2.05) is 23.1 Å². The predicted octanol–water partition coefficient (Wildman–Crippen LogP) is 6.85. The number of carbonyl (C=O) groups excluding carboxylic acids is 2. The van der Waals surface area contributed by atoms with Crippen LogP contribution in [0.2, 0.25) is 10.0 Å². The van der Waals surface area contributed by atoms with Crippen LogP contribution in [0.25, 0.3) is 0 Å². The van der Waals surface area contributed by atoms with Crippen molar-refractivity contribution in [2.45, 2.75) is 44.7 Å². The Balaban J connectivity index is 0.000000671. The molecule has 3 aromatic rings. The number of alkyl halides is 3. The summed E-state index contributed by atoms with van der Waals surface area (Å²) in [5.41, 5.74) is 2.29. The van der Waals surface area contributed by atoms with Crippen LogP contribution in [-0.2, 0) is 16.0 Å². The summed E-state index contributed by atoms with van der Waals surface area (Å²) >= 11 is 13.7. The van der Waals surface area contributed by atoms with Crippen LogP contribution in [0.15, 0.2) is 47.8 Å². The molecule has 0 atom stereocenters. The van der Waals surface area contributed by atoms with Crippen molar-refractivity contribution in [3.63, 3.8) is 0 Å². The van der Waals surface area contributed by atoms with E-state index in [4.69, 9.17) is 33.1 Å². The van der Waals surface area contributed by atoms with Crippen molar-refractivity contribution in [1.29, 1.82) is 0 Å². The molecule has 0 aliphatic carbocycles. The highest BCUT2D eigenvalue weighted by atomic mass is 35.5. The Morgan fingerprint density at radius 2 is 1.60 bits per heavy atom. The van der Waals surface area contributed by atoms with E-state index in [0.29, 0.717) is 54.1 Å². The molecule has 16 heteroatoms. The highest BCUT2D eigenvalue weighted by Gasteiger charge is 2.38. The van der Waals surface area contributed by atoms with Gasteiger partial charge in [-0.3, -0.25) is 9.59 Å². The second kappa shape index (κ2) is 17.4. The molecule has 0 unspecified atom stereocenters. The third kappa shape index (κ3) is 10.8. The molecule has 0 spiro atoms. The quantitative estimate of drug-likeness (QED) is 0.240. The first-order valence-corrected chi connectivity index (χ1v) is 17.0. The molecule has 3 heterocycles. The number of halogens is 6. The lowest BCUT2D eigenvalue weighted by molar-refractivity contribution is -0.192. The average Bonchev–Trinajstić information content (AvgIpc) is 3.61. The number of amides is 2. The Hall–Kier alpha value is -3.33. The fraction of sp³-hybridized carbons (Fsp3) is 0.469. The van der Waals surface area contributed by atoms with E-state index in [-0.39, 0.29) is 23.5 Å². The van der Waals surface area contributed by atoms with E-state index in [1.54, 1.807) is 22.4 Å². The molecule has 1 aromatic heterocycles. The number of rotatable bonds is 9. The number of nitrogens with zero attached hydrogens (tertiary/aromatic N) is 5. The SMILES string of the molecule is O=C(O)C(F)(F)F.O=C(c1csnn1)N1CCC(C(=O)N(CCCN2CCC(Cc3ccc(F)cc3)CC2)c2ccc(Cl)c(Cl)c2)CC1. The zero-order valence-electron chi connectivity index (χ0n) is 25.8. The van der Waals surface area contributed by atoms with E-state index in [2.05, 4.69) is 14.5 Å². The van der Waals surface area contributed by atoms with Crippen LogP contribution in [0.1, 0.15) is 48.2 Å². The Kier molecular flexibility index (Phi) is 13.6. The molecule has 2 aliphatic rings. The normalized spacial score (nSPS) is 16.2. The smallest absolute Gasteiger partial charge is 0.475 e. The average molecular weight is 733 g/mol. The van der Waals surface area contributed by atoms with Gasteiger partial charge < -0.3 is 19.8 Å². The van der Waals surface area contributed by atoms with Crippen molar-refractivity contribution in [3.8, 4) is 0 Å². The molecule has 0 radical (unpaired) electrons. The van der Waals surface area contributed by atoms with E-state index in [0.717, 1.165) is 62.5 Å². The van der Waals surface area contributed by atoms with Crippen molar-refractivity contribution >= 4 is 58.2 Å². The zero-order valence-corrected chi connectivity index (χ0v) is 28.2. The summed E-state index contributed by atoms with van der Waals surface area (Å²) in [5.74, 6) is -2.59. The number of anilines is 1. The van der Waals surface area contributed by atoms with Crippen LogP contribution >= 0.6 is 34.7 Å². The Morgan fingerprint density at radius 3 is 2.17 bits per heavy atom. The number of carbonyl (C=O) groups is 3. The fourth-order valence-corrected chi connectivity index (χ4v) is 6.53. The van der Waals surface area contributed by atoms with Gasteiger partial charge in [-0.2, -0.15) is 13.2 Å². The first-order valence-electron chi connectivity index (χ1n) is 15.4. The summed E-state index contributed by atoms with van der Waals surface area (Å²) in [7, 11) is 0. The molecule has 1 N–H and O–H groups in total. The van der Waals surface area contributed by atoms with Crippen LogP contribution in [0.3, 0.4) is 0 Å². The minimum absolute atomic E-state index is 0.0591. The number of benzene rings is 2. The molecule has 260 valence electrons. The van der Waals surface area contributed by atoms with Gasteiger partial charge in [-0.05, 0) is 112 Å². The molecule has 0 bridgehead atoms. The number of aliphatic carboxylic acids is 1. The van der Waals surface area contributed by atoms with E-state index >= 15 is 0 Å². The zero-order chi connectivity index (χ0) is 34.8. The van der Waals surface area contributed by atoms with Gasteiger partial charge in [0.05, 0.1) is 10.0 Å². The van der Waals surface area contributed by atoms with E-state index in [9.17, 15) is 27.2 Å². The number of aromatic nitrogens is 2. The van der Waals surface area contributed by atoms with Crippen molar-refractivity contribution in [2.75, 3.05) is 44.2 Å². The molecule has 0 saturated carbocycles. The van der Waals surface area contributed by atoms with Gasteiger partial charge in [0.15, 0.2) is 5.69 Å². The minimum atomic E-state index is -5.08. The molecule has 2 amide bonds. The topological polar surface area (TPSA) is 107 Å². The number of carboxylic acids is 1. The highest BCUT2D eigenvalue weighted by molar-refractivity contribution is 7.03. The van der Waals surface area contributed by atoms with Gasteiger partial charge in [0.25, 0.3) is 5.91 Å². The number of carboxylic acid groups (broad SMARTS) is 1. The highest BCUT2D eigenvalue weighted by Crippen LogP contribution is 2.30. The van der Waals surface area contributed by atoms with Gasteiger partial charge in [-0.25, -0.2) is 9.18 Å². The van der Waals surface area contributed by atoms with Gasteiger partial charge in [0.2, 0.25) is 5.91 Å². The molecular weight excluding hydrogens is 697 g/mol. The Bertz CT molecular complexity index is 1520. The maximum Gasteiger partial charge on any atom is 0.490 e. The van der Waals surface area contributed by atoms with Gasteiger partial charge in [0.1, 0.15) is 5.82 Å². The van der Waals surface area contributed by atoms with Gasteiger partial charge in [-0.15, -0.1) is 5.10 Å². The second-order valence-electron chi connectivity index (χ2n) is 11.7. The number of likely N-dealkylation sites (tertiary alicyclic amines) is 2. The van der Waals surface area contributed by atoms with Crippen molar-refractivity contribution < 1.29 is 37.1 Å². The molecular formula is C32H35Cl2F4N5O4S. The van der Waals surface area contributed by atoms with Crippen LogP contribution in [0, 0.1) is 17.7 Å². The third-order valence-electron chi connectivity index (χ3n) is 8.43. The molecule has 2 fully saturated rings. The number of hydrogen-bond acceptors (Lipinski definition) is 7. The van der Waals surface area contributed by atoms with Crippen LogP contribution in [-0.4, -0.2) is 87.7 Å². The monoisotopic (exact) mass is 731 g/mol. The van der Waals surface area contributed by atoms with Crippen molar-refractivity contribution in [2.24, 2.45) is 11.8 Å². The summed E-state index contributed by atoms with van der Waals surface area (Å²) in [5, 5.41) is 13.5. The fourth-order valence-electron chi connectivity index (χ4n) is 5.81. The van der Waals surface area contributed by atoms with Crippen LogP contribution < -0.4 is 4.90 Å². The standard InChI is InChI=1S/C30H34Cl2FN5O2S.C2HF3O2/c31-26-7-6-25(19-27(26)32)38(29(39)23-10-16-37(17-11-23)30(40)28-20-41-35-34-28)13-1-12-36-14-8-22(9-15-36)18-21-2-4-24(33)5-3-21;3-2(4,5)1(6)7/h2-7,19-20,22-23H,1,8-18H2;(H,6,7). The third-order valence-corrected chi connectivity index (χ3v) is 9.68. The predicted molar refractivity (Wildman–Crippen MR) is 175 cm³/mol. The maximum absolute atomic E-state index is 13.8. The molecule has 2 saturated heterocycles. The molecule has 5 rings (SSSR count). The first-order chi connectivity index (χ1) is 22.8. The van der Waals surface area contributed by atoms with Crippen molar-refractivity contribution in [1.82, 2.24) is 19.4 Å². The summed E-state index contributed by atoms with van der Waals surface area (Å²) in [6.45, 7) is 4.55. The molecule has 2 aliphatic heterocycles. The summed E-state index contributed by atoms with van der Waals surface area (Å²) in [6.07, 6.45) is 0.160. The largest absolute Gasteiger partial charge is 0.490 e. The maximum atomic E-state index is 13.8. The van der Waals surface area contributed by atoms with E-state index in [1.165, 1.54) is 17.7 Å². The summed E-state index contributed by atoms with van der Waals surface area (Å²) < 4.78 is 48.7. The summed E-state index contributed by atoms with van der Waals surface area (Å²) in [4.78, 5) is 41.4. The lowest BCUT2D eigenvalue weighted by Crippen LogP contribution is -2.45. The minimum Gasteiger partial charge on any atom is -0.475 e. The molecule has 48 heavy (non-hydrogen) atoms. The van der Waals surface area contributed by atoms with Gasteiger partial charge >= 0.3 is 12.1 Å². The lowest BCUT2D eigenvalue weighted by atomic mass is 9.90. The number of hydrogen-bond donors (Lipinski definition) is 1. The van der Waals surface area contributed by atoms with Gasteiger partial charge in [-0.1, -0.05) is 39.8 Å². The van der Waals surface area contributed by atoms with E-state index < -0.39 is 12.1 Å².